The second kappa shape index (κ2) is 4.15. The van der Waals surface area contributed by atoms with Crippen molar-refractivity contribution < 1.29 is 0 Å². The Morgan fingerprint density at radius 3 is 2.71 bits per heavy atom. The molecule has 3 heteroatoms. The fourth-order valence-electron chi connectivity index (χ4n) is 2.62. The summed E-state index contributed by atoms with van der Waals surface area (Å²) in [6.07, 6.45) is 2.38. The van der Waals surface area contributed by atoms with E-state index >= 15 is 0 Å². The average molecular weight is 229 g/mol. The van der Waals surface area contributed by atoms with Crippen molar-refractivity contribution in [2.75, 3.05) is 13.1 Å². The minimum Gasteiger partial charge on any atom is -0.342 e. The first-order valence-corrected chi connectivity index (χ1v) is 6.42. The third-order valence-corrected chi connectivity index (χ3v) is 3.92. The molecule has 0 bridgehead atoms. The van der Waals surface area contributed by atoms with Crippen molar-refractivity contribution in [3.63, 3.8) is 0 Å². The first-order valence-electron chi connectivity index (χ1n) is 6.42. The van der Waals surface area contributed by atoms with Gasteiger partial charge in [0.15, 0.2) is 0 Å². The molecule has 0 spiro atoms. The summed E-state index contributed by atoms with van der Waals surface area (Å²) in [7, 11) is 0. The molecule has 0 amide bonds. The van der Waals surface area contributed by atoms with Crippen LogP contribution in [0.4, 0.5) is 0 Å². The molecule has 1 aromatic carbocycles. The highest BCUT2D eigenvalue weighted by Crippen LogP contribution is 2.27. The number of nitrogens with one attached hydrogen (secondary N) is 2. The molecule has 0 radical (unpaired) electrons. The molecule has 1 fully saturated rings. The van der Waals surface area contributed by atoms with Gasteiger partial charge >= 0.3 is 0 Å². The molecule has 2 heterocycles. The van der Waals surface area contributed by atoms with Crippen LogP contribution in [0.15, 0.2) is 12.1 Å². The molecule has 0 saturated carbocycles. The first-order chi connectivity index (χ1) is 8.25. The van der Waals surface area contributed by atoms with Gasteiger partial charge in [0.25, 0.3) is 0 Å². The minimum absolute atomic E-state index is 0.600. The van der Waals surface area contributed by atoms with Crippen molar-refractivity contribution in [1.82, 2.24) is 15.3 Å². The van der Waals surface area contributed by atoms with E-state index in [0.717, 1.165) is 18.6 Å². The van der Waals surface area contributed by atoms with Gasteiger partial charge < -0.3 is 10.3 Å². The van der Waals surface area contributed by atoms with Crippen LogP contribution in [-0.4, -0.2) is 23.1 Å². The van der Waals surface area contributed by atoms with Crippen molar-refractivity contribution in [3.8, 4) is 0 Å². The molecule has 0 atom stereocenters. The van der Waals surface area contributed by atoms with E-state index in [1.54, 1.807) is 0 Å². The van der Waals surface area contributed by atoms with Gasteiger partial charge in [0.05, 0.1) is 11.0 Å². The average Bonchev–Trinajstić information content (AvgIpc) is 2.80. The van der Waals surface area contributed by atoms with E-state index in [1.165, 1.54) is 35.3 Å². The van der Waals surface area contributed by atoms with Gasteiger partial charge in [-0.15, -0.1) is 0 Å². The summed E-state index contributed by atoms with van der Waals surface area (Å²) in [4.78, 5) is 8.31. The number of aryl methyl sites for hydroxylation is 2. The Hall–Kier alpha value is -1.35. The maximum absolute atomic E-state index is 4.81. The molecule has 0 unspecified atom stereocenters. The highest BCUT2D eigenvalue weighted by Gasteiger charge is 2.19. The van der Waals surface area contributed by atoms with Gasteiger partial charge in [-0.1, -0.05) is 6.07 Å². The van der Waals surface area contributed by atoms with Gasteiger partial charge in [-0.3, -0.25) is 0 Å². The third-order valence-electron chi connectivity index (χ3n) is 3.92. The molecule has 0 aliphatic carbocycles. The quantitative estimate of drug-likeness (QED) is 0.789. The van der Waals surface area contributed by atoms with E-state index in [1.807, 2.05) is 0 Å². The van der Waals surface area contributed by atoms with E-state index in [-0.39, 0.29) is 0 Å². The van der Waals surface area contributed by atoms with Crippen molar-refractivity contribution in [1.29, 1.82) is 0 Å². The normalized spacial score (nSPS) is 17.8. The fourth-order valence-corrected chi connectivity index (χ4v) is 2.62. The topological polar surface area (TPSA) is 40.7 Å². The lowest BCUT2D eigenvalue weighted by atomic mass is 9.98. The fraction of sp³-hybridized carbons (Fsp3) is 0.500. The van der Waals surface area contributed by atoms with Gasteiger partial charge in [-0.05, 0) is 57.0 Å². The van der Waals surface area contributed by atoms with Crippen molar-refractivity contribution in [2.45, 2.75) is 32.6 Å². The molecular formula is C14H19N3. The summed E-state index contributed by atoms with van der Waals surface area (Å²) in [6, 6.07) is 4.32. The van der Waals surface area contributed by atoms with Crippen molar-refractivity contribution >= 4 is 11.0 Å². The van der Waals surface area contributed by atoms with Crippen LogP contribution < -0.4 is 5.32 Å². The van der Waals surface area contributed by atoms with Gasteiger partial charge in [0.1, 0.15) is 5.82 Å². The van der Waals surface area contributed by atoms with E-state index in [9.17, 15) is 0 Å². The molecule has 1 aromatic heterocycles. The van der Waals surface area contributed by atoms with E-state index in [2.05, 4.69) is 36.3 Å². The van der Waals surface area contributed by atoms with Crippen molar-refractivity contribution in [2.24, 2.45) is 0 Å². The standard InChI is InChI=1S/C14H19N3/c1-9-3-4-12-13(10(9)2)17-14(16-12)11-5-7-15-8-6-11/h3-4,11,15H,5-8H2,1-2H3,(H,16,17). The summed E-state index contributed by atoms with van der Waals surface area (Å²) in [5.41, 5.74) is 4.96. The van der Waals surface area contributed by atoms with Crippen LogP contribution in [0.1, 0.15) is 35.7 Å². The Morgan fingerprint density at radius 2 is 1.94 bits per heavy atom. The molecule has 1 aliphatic rings. The lowest BCUT2D eigenvalue weighted by Crippen LogP contribution is -2.27. The van der Waals surface area contributed by atoms with E-state index < -0.39 is 0 Å². The summed E-state index contributed by atoms with van der Waals surface area (Å²) in [5.74, 6) is 1.78. The molecule has 3 rings (SSSR count). The van der Waals surface area contributed by atoms with Crippen LogP contribution in [0.5, 0.6) is 0 Å². The summed E-state index contributed by atoms with van der Waals surface area (Å²) in [6.45, 7) is 6.53. The molecule has 2 aromatic rings. The number of piperidine rings is 1. The molecule has 3 nitrogen and oxygen atoms in total. The van der Waals surface area contributed by atoms with Gasteiger partial charge in [-0.25, -0.2) is 4.98 Å². The second-order valence-corrected chi connectivity index (χ2v) is 5.05. The van der Waals surface area contributed by atoms with Crippen LogP contribution in [-0.2, 0) is 0 Å². The summed E-state index contributed by atoms with van der Waals surface area (Å²) >= 11 is 0. The Bertz CT molecular complexity index is 536. The monoisotopic (exact) mass is 229 g/mol. The number of rotatable bonds is 1. The number of fused-ring (bicyclic) bond motifs is 1. The summed E-state index contributed by atoms with van der Waals surface area (Å²) < 4.78 is 0. The van der Waals surface area contributed by atoms with Gasteiger partial charge in [0.2, 0.25) is 0 Å². The Labute approximate surface area is 102 Å². The van der Waals surface area contributed by atoms with E-state index in [4.69, 9.17) is 4.98 Å². The van der Waals surface area contributed by atoms with E-state index in [0.29, 0.717) is 5.92 Å². The molecular weight excluding hydrogens is 210 g/mol. The van der Waals surface area contributed by atoms with Crippen LogP contribution in [0, 0.1) is 13.8 Å². The smallest absolute Gasteiger partial charge is 0.110 e. The number of hydrogen-bond acceptors (Lipinski definition) is 2. The number of aromatic nitrogens is 2. The lowest BCUT2D eigenvalue weighted by molar-refractivity contribution is 0.448. The number of imidazole rings is 1. The SMILES string of the molecule is Cc1ccc2[nH]c(C3CCNCC3)nc2c1C. The van der Waals surface area contributed by atoms with Crippen LogP contribution >= 0.6 is 0 Å². The first kappa shape index (κ1) is 10.8. The van der Waals surface area contributed by atoms with Crippen LogP contribution in [0.25, 0.3) is 11.0 Å². The Balaban J connectivity index is 2.04. The lowest BCUT2D eigenvalue weighted by Gasteiger charge is -2.20. The highest BCUT2D eigenvalue weighted by molar-refractivity contribution is 5.79. The van der Waals surface area contributed by atoms with Crippen LogP contribution in [0.3, 0.4) is 0 Å². The summed E-state index contributed by atoms with van der Waals surface area (Å²) in [5, 5.41) is 3.40. The predicted molar refractivity (Wildman–Crippen MR) is 70.4 cm³/mol. The molecule has 17 heavy (non-hydrogen) atoms. The zero-order chi connectivity index (χ0) is 11.8. The molecule has 1 aliphatic heterocycles. The van der Waals surface area contributed by atoms with Gasteiger partial charge in [-0.2, -0.15) is 0 Å². The molecule has 2 N–H and O–H groups in total. The van der Waals surface area contributed by atoms with Gasteiger partial charge in [0, 0.05) is 5.92 Å². The minimum atomic E-state index is 0.600. The number of nitrogens with zero attached hydrogens (tertiary/aromatic N) is 1. The largest absolute Gasteiger partial charge is 0.342 e. The number of H-pyrrole nitrogens is 1. The maximum atomic E-state index is 4.81. The number of benzene rings is 1. The third kappa shape index (κ3) is 1.84. The number of hydrogen-bond donors (Lipinski definition) is 2. The zero-order valence-electron chi connectivity index (χ0n) is 10.5. The molecule has 1 saturated heterocycles. The molecule has 90 valence electrons. The Kier molecular flexibility index (Phi) is 2.63. The highest BCUT2D eigenvalue weighted by atomic mass is 14.9. The Morgan fingerprint density at radius 1 is 1.18 bits per heavy atom. The zero-order valence-corrected chi connectivity index (χ0v) is 10.5. The second-order valence-electron chi connectivity index (χ2n) is 5.05. The predicted octanol–water partition coefficient (Wildman–Crippen LogP) is 2.65. The number of aromatic amines is 1. The van der Waals surface area contributed by atoms with Crippen LogP contribution in [0.2, 0.25) is 0 Å². The van der Waals surface area contributed by atoms with Crippen molar-refractivity contribution in [3.05, 3.63) is 29.1 Å². The maximum Gasteiger partial charge on any atom is 0.110 e.